The van der Waals surface area contributed by atoms with Crippen LogP contribution >= 0.6 is 0 Å². The van der Waals surface area contributed by atoms with Crippen LogP contribution in [0.5, 0.6) is 11.5 Å². The Kier molecular flexibility index (Phi) is 2.48. The number of ether oxygens (including phenoxy) is 2. The summed E-state index contributed by atoms with van der Waals surface area (Å²) >= 11 is 0. The lowest BCUT2D eigenvalue weighted by atomic mass is 10.1. The molecule has 1 N–H and O–H groups in total. The number of rotatable bonds is 2. The Balaban J connectivity index is 2.25. The summed E-state index contributed by atoms with van der Waals surface area (Å²) in [5.74, 6) is 1.77. The first-order valence-electron chi connectivity index (χ1n) is 4.91. The van der Waals surface area contributed by atoms with E-state index >= 15 is 0 Å². The molecule has 0 aromatic heterocycles. The maximum Gasteiger partial charge on any atom is 0.142 e. The molecule has 0 saturated heterocycles. The average Bonchev–Trinajstić information content (AvgIpc) is 2.27. The highest BCUT2D eigenvalue weighted by Gasteiger charge is 2.17. The van der Waals surface area contributed by atoms with Crippen LogP contribution in [-0.4, -0.2) is 19.8 Å². The zero-order chi connectivity index (χ0) is 9.97. The van der Waals surface area contributed by atoms with Crippen molar-refractivity contribution in [3.8, 4) is 11.5 Å². The Hall–Kier alpha value is -1.38. The van der Waals surface area contributed by atoms with E-state index in [1.807, 2.05) is 18.2 Å². The van der Waals surface area contributed by atoms with Crippen molar-refractivity contribution < 1.29 is 9.47 Å². The number of hydrogen-bond donors (Lipinski definition) is 1. The predicted octanol–water partition coefficient (Wildman–Crippen LogP) is 2.28. The fourth-order valence-electron chi connectivity index (χ4n) is 1.55. The van der Waals surface area contributed by atoms with Gasteiger partial charge in [-0.05, 0) is 18.6 Å². The van der Waals surface area contributed by atoms with Crippen LogP contribution in [0.4, 0.5) is 5.69 Å². The van der Waals surface area contributed by atoms with Crippen LogP contribution < -0.4 is 14.8 Å². The van der Waals surface area contributed by atoms with Gasteiger partial charge >= 0.3 is 0 Å². The van der Waals surface area contributed by atoms with Crippen molar-refractivity contribution >= 4 is 5.69 Å². The number of fused-ring (bicyclic) bond motifs is 1. The van der Waals surface area contributed by atoms with Gasteiger partial charge in [-0.2, -0.15) is 0 Å². The first-order valence-corrected chi connectivity index (χ1v) is 4.91. The van der Waals surface area contributed by atoms with Gasteiger partial charge in [0, 0.05) is 6.07 Å². The average molecular weight is 193 g/mol. The normalized spacial score (nSPS) is 19.1. The molecule has 0 amide bonds. The monoisotopic (exact) mass is 193 g/mol. The molecule has 3 heteroatoms. The fourth-order valence-corrected chi connectivity index (χ4v) is 1.55. The molecule has 0 spiro atoms. The van der Waals surface area contributed by atoms with E-state index in [2.05, 4.69) is 12.2 Å². The SMILES string of the molecule is CCC1COc2ccc(OC)cc2N1. The lowest BCUT2D eigenvalue weighted by Crippen LogP contribution is -2.30. The standard InChI is InChI=1S/C11H15NO2/c1-3-8-7-14-11-5-4-9(13-2)6-10(11)12-8/h4-6,8,12H,3,7H2,1-2H3. The molecule has 2 rings (SSSR count). The van der Waals surface area contributed by atoms with Crippen molar-refractivity contribution in [1.29, 1.82) is 0 Å². The Morgan fingerprint density at radius 3 is 3.14 bits per heavy atom. The van der Waals surface area contributed by atoms with Crippen molar-refractivity contribution in [2.45, 2.75) is 19.4 Å². The van der Waals surface area contributed by atoms with E-state index in [4.69, 9.17) is 9.47 Å². The van der Waals surface area contributed by atoms with E-state index in [1.54, 1.807) is 7.11 Å². The van der Waals surface area contributed by atoms with Gasteiger partial charge in [-0.25, -0.2) is 0 Å². The van der Waals surface area contributed by atoms with E-state index in [-0.39, 0.29) is 0 Å². The summed E-state index contributed by atoms with van der Waals surface area (Å²) in [4.78, 5) is 0. The van der Waals surface area contributed by atoms with Crippen LogP contribution in [0.1, 0.15) is 13.3 Å². The molecule has 0 saturated carbocycles. The lowest BCUT2D eigenvalue weighted by molar-refractivity contribution is 0.281. The van der Waals surface area contributed by atoms with E-state index in [0.717, 1.165) is 30.2 Å². The molecule has 0 aliphatic carbocycles. The third-order valence-electron chi connectivity index (χ3n) is 2.48. The minimum atomic E-state index is 0.412. The van der Waals surface area contributed by atoms with Gasteiger partial charge in [0.2, 0.25) is 0 Å². The Morgan fingerprint density at radius 1 is 1.57 bits per heavy atom. The molecule has 1 aliphatic heterocycles. The van der Waals surface area contributed by atoms with Crippen molar-refractivity contribution in [2.75, 3.05) is 19.0 Å². The molecule has 1 unspecified atom stereocenters. The van der Waals surface area contributed by atoms with Gasteiger partial charge in [0.25, 0.3) is 0 Å². The van der Waals surface area contributed by atoms with Gasteiger partial charge in [0.05, 0.1) is 18.8 Å². The zero-order valence-corrected chi connectivity index (χ0v) is 8.54. The smallest absolute Gasteiger partial charge is 0.142 e. The van der Waals surface area contributed by atoms with Crippen molar-refractivity contribution in [3.63, 3.8) is 0 Å². The quantitative estimate of drug-likeness (QED) is 0.781. The molecule has 0 radical (unpaired) electrons. The maximum atomic E-state index is 5.61. The summed E-state index contributed by atoms with van der Waals surface area (Å²) in [6, 6.07) is 6.23. The second kappa shape index (κ2) is 3.78. The molecular formula is C11H15NO2. The highest BCUT2D eigenvalue weighted by molar-refractivity contribution is 5.61. The van der Waals surface area contributed by atoms with Gasteiger partial charge in [0.1, 0.15) is 18.1 Å². The summed E-state index contributed by atoms with van der Waals surface area (Å²) in [6.07, 6.45) is 1.07. The lowest BCUT2D eigenvalue weighted by Gasteiger charge is -2.26. The van der Waals surface area contributed by atoms with E-state index in [9.17, 15) is 0 Å². The van der Waals surface area contributed by atoms with Crippen LogP contribution in [-0.2, 0) is 0 Å². The summed E-state index contributed by atoms with van der Waals surface area (Å²) in [7, 11) is 1.67. The largest absolute Gasteiger partial charge is 0.497 e. The highest BCUT2D eigenvalue weighted by atomic mass is 16.5. The minimum Gasteiger partial charge on any atom is -0.497 e. The minimum absolute atomic E-state index is 0.412. The Labute approximate surface area is 84.0 Å². The van der Waals surface area contributed by atoms with Crippen LogP contribution in [0, 0.1) is 0 Å². The number of hydrogen-bond acceptors (Lipinski definition) is 3. The molecule has 14 heavy (non-hydrogen) atoms. The molecule has 1 atom stereocenters. The molecule has 0 bridgehead atoms. The van der Waals surface area contributed by atoms with Crippen LogP contribution in [0.15, 0.2) is 18.2 Å². The number of nitrogens with one attached hydrogen (secondary N) is 1. The third-order valence-corrected chi connectivity index (χ3v) is 2.48. The first-order chi connectivity index (χ1) is 6.83. The summed E-state index contributed by atoms with van der Waals surface area (Å²) in [5.41, 5.74) is 1.03. The third kappa shape index (κ3) is 1.62. The van der Waals surface area contributed by atoms with E-state index < -0.39 is 0 Å². The summed E-state index contributed by atoms with van der Waals surface area (Å²) in [6.45, 7) is 2.89. The van der Waals surface area contributed by atoms with Gasteiger partial charge in [0.15, 0.2) is 0 Å². The van der Waals surface area contributed by atoms with E-state index in [0.29, 0.717) is 6.04 Å². The van der Waals surface area contributed by atoms with Gasteiger partial charge < -0.3 is 14.8 Å². The number of methoxy groups -OCH3 is 1. The maximum absolute atomic E-state index is 5.61. The fraction of sp³-hybridized carbons (Fsp3) is 0.455. The second-order valence-electron chi connectivity index (χ2n) is 3.42. The molecule has 1 aliphatic rings. The van der Waals surface area contributed by atoms with Crippen LogP contribution in [0.2, 0.25) is 0 Å². The van der Waals surface area contributed by atoms with Crippen LogP contribution in [0.25, 0.3) is 0 Å². The molecule has 0 fully saturated rings. The van der Waals surface area contributed by atoms with Crippen LogP contribution in [0.3, 0.4) is 0 Å². The van der Waals surface area contributed by atoms with E-state index in [1.165, 1.54) is 0 Å². The highest BCUT2D eigenvalue weighted by Crippen LogP contribution is 2.32. The first kappa shape index (κ1) is 9.19. The van der Waals surface area contributed by atoms with Gasteiger partial charge in [-0.3, -0.25) is 0 Å². The van der Waals surface area contributed by atoms with Crippen molar-refractivity contribution in [3.05, 3.63) is 18.2 Å². The Morgan fingerprint density at radius 2 is 2.43 bits per heavy atom. The molecular weight excluding hydrogens is 178 g/mol. The molecule has 1 aromatic rings. The summed E-state index contributed by atoms with van der Waals surface area (Å²) in [5, 5.41) is 3.42. The van der Waals surface area contributed by atoms with Crippen molar-refractivity contribution in [1.82, 2.24) is 0 Å². The summed E-state index contributed by atoms with van der Waals surface area (Å²) < 4.78 is 10.8. The molecule has 1 aromatic carbocycles. The van der Waals surface area contributed by atoms with Gasteiger partial charge in [-0.15, -0.1) is 0 Å². The topological polar surface area (TPSA) is 30.5 Å². The van der Waals surface area contributed by atoms with Gasteiger partial charge in [-0.1, -0.05) is 6.92 Å². The number of anilines is 1. The molecule has 1 heterocycles. The zero-order valence-electron chi connectivity index (χ0n) is 8.54. The Bertz CT molecular complexity index is 325. The molecule has 76 valence electrons. The number of benzene rings is 1. The second-order valence-corrected chi connectivity index (χ2v) is 3.42. The van der Waals surface area contributed by atoms with Crippen molar-refractivity contribution in [2.24, 2.45) is 0 Å². The predicted molar refractivity (Wildman–Crippen MR) is 56.2 cm³/mol. The molecule has 3 nitrogen and oxygen atoms in total.